The highest BCUT2D eigenvalue weighted by atomic mass is 19.1. The lowest BCUT2D eigenvalue weighted by Crippen LogP contribution is -2.52. The molecule has 2 atom stereocenters. The average molecular weight is 463 g/mol. The van der Waals surface area contributed by atoms with Gasteiger partial charge in [0.1, 0.15) is 5.82 Å². The number of hydrogen-bond acceptors (Lipinski definition) is 3. The molecule has 2 fully saturated rings. The van der Waals surface area contributed by atoms with Crippen molar-refractivity contribution >= 4 is 6.03 Å². The van der Waals surface area contributed by atoms with Crippen LogP contribution >= 0.6 is 0 Å². The number of H-pyrrole nitrogens is 1. The Morgan fingerprint density at radius 1 is 1.03 bits per heavy atom. The van der Waals surface area contributed by atoms with Crippen LogP contribution in [0.2, 0.25) is 0 Å². The molecule has 2 aromatic carbocycles. The Balaban J connectivity index is 1.40. The average Bonchev–Trinajstić information content (AvgIpc) is 3.39. The molecule has 2 saturated heterocycles. The van der Waals surface area contributed by atoms with Gasteiger partial charge in [0.2, 0.25) is 0 Å². The van der Waals surface area contributed by atoms with E-state index in [0.717, 1.165) is 29.8 Å². The number of likely N-dealkylation sites (tertiary alicyclic amines) is 1. The van der Waals surface area contributed by atoms with Gasteiger partial charge in [-0.3, -0.25) is 5.10 Å². The molecule has 2 aliphatic heterocycles. The van der Waals surface area contributed by atoms with Gasteiger partial charge in [-0.1, -0.05) is 31.2 Å². The van der Waals surface area contributed by atoms with Gasteiger partial charge in [-0.15, -0.1) is 0 Å². The fraction of sp³-hybridized carbons (Fsp3) is 0.407. The van der Waals surface area contributed by atoms with Crippen molar-refractivity contribution in [2.24, 2.45) is 0 Å². The van der Waals surface area contributed by atoms with Crippen molar-refractivity contribution in [3.8, 4) is 11.3 Å². The Kier molecular flexibility index (Phi) is 6.63. The minimum Gasteiger partial charge on any atom is -0.378 e. The Labute approximate surface area is 199 Å². The lowest BCUT2D eigenvalue weighted by molar-refractivity contribution is 0.0398. The number of hydrogen-bond donors (Lipinski definition) is 1. The third-order valence-corrected chi connectivity index (χ3v) is 7.04. The zero-order valence-corrected chi connectivity index (χ0v) is 19.5. The van der Waals surface area contributed by atoms with E-state index in [1.165, 1.54) is 23.3 Å². The molecule has 0 saturated carbocycles. The molecular weight excluding hydrogens is 431 g/mol. The zero-order chi connectivity index (χ0) is 23.5. The summed E-state index contributed by atoms with van der Waals surface area (Å²) in [7, 11) is 0. The predicted octanol–water partition coefficient (Wildman–Crippen LogP) is 4.80. The number of piperidine rings is 1. The van der Waals surface area contributed by atoms with Crippen LogP contribution in [0.4, 0.5) is 9.18 Å². The van der Waals surface area contributed by atoms with Crippen LogP contribution in [-0.4, -0.2) is 65.4 Å². The van der Waals surface area contributed by atoms with Crippen LogP contribution in [-0.2, 0) is 11.2 Å². The van der Waals surface area contributed by atoms with Crippen LogP contribution in [0.1, 0.15) is 42.0 Å². The number of ether oxygens (including phenoxy) is 1. The number of halogens is 1. The molecule has 1 aromatic heterocycles. The second kappa shape index (κ2) is 9.97. The highest BCUT2D eigenvalue weighted by molar-refractivity contribution is 5.75. The van der Waals surface area contributed by atoms with Gasteiger partial charge < -0.3 is 14.5 Å². The Morgan fingerprint density at radius 2 is 1.74 bits per heavy atom. The third-order valence-electron chi connectivity index (χ3n) is 7.04. The van der Waals surface area contributed by atoms with E-state index < -0.39 is 0 Å². The van der Waals surface area contributed by atoms with Crippen molar-refractivity contribution in [2.45, 2.75) is 31.6 Å². The van der Waals surface area contributed by atoms with Crippen molar-refractivity contribution in [3.63, 3.8) is 0 Å². The molecule has 7 heteroatoms. The fourth-order valence-corrected chi connectivity index (χ4v) is 5.02. The first-order valence-electron chi connectivity index (χ1n) is 12.1. The highest BCUT2D eigenvalue weighted by Crippen LogP contribution is 2.37. The van der Waals surface area contributed by atoms with Crippen molar-refractivity contribution in [1.82, 2.24) is 20.0 Å². The van der Waals surface area contributed by atoms with Crippen LogP contribution in [0.25, 0.3) is 11.3 Å². The number of aryl methyl sites for hydroxylation is 1. The molecule has 3 aromatic rings. The number of rotatable bonds is 4. The first-order valence-corrected chi connectivity index (χ1v) is 12.1. The van der Waals surface area contributed by atoms with Crippen molar-refractivity contribution in [2.75, 3.05) is 39.4 Å². The quantitative estimate of drug-likeness (QED) is 0.606. The fourth-order valence-electron chi connectivity index (χ4n) is 5.02. The molecule has 0 spiro atoms. The molecule has 2 aliphatic rings. The van der Waals surface area contributed by atoms with Crippen LogP contribution in [0.15, 0.2) is 54.6 Å². The molecule has 5 rings (SSSR count). The summed E-state index contributed by atoms with van der Waals surface area (Å²) in [5.74, 6) is 0.115. The molecule has 0 radical (unpaired) electrons. The van der Waals surface area contributed by atoms with Crippen LogP contribution < -0.4 is 0 Å². The Hall–Kier alpha value is -3.19. The summed E-state index contributed by atoms with van der Waals surface area (Å²) in [5, 5.41) is 7.70. The minimum absolute atomic E-state index is 0.0847. The van der Waals surface area contributed by atoms with Crippen molar-refractivity contribution in [3.05, 3.63) is 77.2 Å². The number of benzene rings is 2. The zero-order valence-electron chi connectivity index (χ0n) is 19.5. The summed E-state index contributed by atoms with van der Waals surface area (Å²) in [4.78, 5) is 17.3. The molecule has 2 unspecified atom stereocenters. The van der Waals surface area contributed by atoms with Crippen molar-refractivity contribution < 1.29 is 13.9 Å². The van der Waals surface area contributed by atoms with E-state index in [4.69, 9.17) is 4.74 Å². The second-order valence-electron chi connectivity index (χ2n) is 9.23. The number of nitrogens with one attached hydrogen (secondary N) is 1. The van der Waals surface area contributed by atoms with Gasteiger partial charge in [0.25, 0.3) is 0 Å². The smallest absolute Gasteiger partial charge is 0.320 e. The van der Waals surface area contributed by atoms with Gasteiger partial charge in [0.05, 0.1) is 18.9 Å². The molecule has 6 nitrogen and oxygen atoms in total. The molecular formula is C27H31FN4O2. The van der Waals surface area contributed by atoms with Gasteiger partial charge in [-0.2, -0.15) is 5.10 Å². The number of carbonyl (C=O) groups excluding carboxylic acids is 1. The number of aromatic nitrogens is 2. The first-order chi connectivity index (χ1) is 16.6. The van der Waals surface area contributed by atoms with E-state index in [2.05, 4.69) is 41.4 Å². The summed E-state index contributed by atoms with van der Waals surface area (Å²) >= 11 is 0. The second-order valence-corrected chi connectivity index (χ2v) is 9.23. The lowest BCUT2D eigenvalue weighted by Gasteiger charge is -2.41. The van der Waals surface area contributed by atoms with E-state index in [0.29, 0.717) is 39.4 Å². The minimum atomic E-state index is -0.263. The van der Waals surface area contributed by atoms with Crippen LogP contribution in [0, 0.1) is 5.82 Å². The number of morpholine rings is 1. The Bertz CT molecular complexity index is 1110. The number of nitrogens with zero attached hydrogens (tertiary/aromatic N) is 3. The topological polar surface area (TPSA) is 61.5 Å². The normalized spacial score (nSPS) is 21.0. The lowest BCUT2D eigenvalue weighted by atomic mass is 9.82. The Morgan fingerprint density at radius 3 is 2.44 bits per heavy atom. The van der Waals surface area contributed by atoms with Gasteiger partial charge in [0.15, 0.2) is 0 Å². The van der Waals surface area contributed by atoms with Gasteiger partial charge in [0, 0.05) is 49.3 Å². The summed E-state index contributed by atoms with van der Waals surface area (Å²) in [5.41, 5.74) is 5.24. The van der Waals surface area contributed by atoms with Crippen LogP contribution in [0.5, 0.6) is 0 Å². The largest absolute Gasteiger partial charge is 0.378 e. The maximum absolute atomic E-state index is 13.4. The summed E-state index contributed by atoms with van der Waals surface area (Å²) in [6.45, 7) is 5.95. The van der Waals surface area contributed by atoms with Crippen molar-refractivity contribution in [1.29, 1.82) is 0 Å². The summed E-state index contributed by atoms with van der Waals surface area (Å²) in [6.07, 6.45) is 1.94. The number of amides is 2. The maximum atomic E-state index is 13.4. The number of urea groups is 1. The molecule has 2 amide bonds. The van der Waals surface area contributed by atoms with Gasteiger partial charge >= 0.3 is 6.03 Å². The van der Waals surface area contributed by atoms with E-state index in [1.807, 2.05) is 15.9 Å². The predicted molar refractivity (Wildman–Crippen MR) is 129 cm³/mol. The van der Waals surface area contributed by atoms with Crippen LogP contribution in [0.3, 0.4) is 0 Å². The molecule has 3 heterocycles. The number of carbonyl (C=O) groups is 1. The van der Waals surface area contributed by atoms with E-state index in [-0.39, 0.29) is 23.7 Å². The molecule has 1 N–H and O–H groups in total. The third kappa shape index (κ3) is 4.85. The molecule has 178 valence electrons. The van der Waals surface area contributed by atoms with Gasteiger partial charge in [-0.05, 0) is 54.3 Å². The molecule has 0 bridgehead atoms. The maximum Gasteiger partial charge on any atom is 0.320 e. The number of aromatic amines is 1. The standard InChI is InChI=1S/C27H31FN4O2/c1-2-19-3-5-20(6-4-19)22-15-23(18-32(17-22)27(33)31-11-13-34-14-12-31)26-16-25(29-30-26)21-7-9-24(28)10-8-21/h3-10,16,22-23H,2,11-15,17-18H2,1H3,(H,29,30). The SMILES string of the molecule is CCc1ccc(C2CC(c3cc(-c4ccc(F)cc4)n[nH]3)CN(C(=O)N3CCOCC3)C2)cc1. The highest BCUT2D eigenvalue weighted by Gasteiger charge is 2.35. The van der Waals surface area contributed by atoms with Gasteiger partial charge in [-0.25, -0.2) is 9.18 Å². The van der Waals surface area contributed by atoms with E-state index in [9.17, 15) is 9.18 Å². The monoisotopic (exact) mass is 462 g/mol. The summed E-state index contributed by atoms with van der Waals surface area (Å²) in [6, 6.07) is 17.3. The first kappa shape index (κ1) is 22.6. The molecule has 0 aliphatic carbocycles. The summed E-state index contributed by atoms with van der Waals surface area (Å²) < 4.78 is 18.8. The van der Waals surface area contributed by atoms with E-state index in [1.54, 1.807) is 12.1 Å². The van der Waals surface area contributed by atoms with E-state index >= 15 is 0 Å². The molecule has 34 heavy (non-hydrogen) atoms.